The van der Waals surface area contributed by atoms with Gasteiger partial charge in [0.25, 0.3) is 0 Å². The molecule has 5 nitrogen and oxygen atoms in total. The molecule has 1 atom stereocenters. The third-order valence-electron chi connectivity index (χ3n) is 3.34. The second-order valence-corrected chi connectivity index (χ2v) is 5.84. The molecule has 5 heteroatoms. The Kier molecular flexibility index (Phi) is 10.1. The number of hydrogen-bond acceptors (Lipinski definition) is 3. The van der Waals surface area contributed by atoms with Gasteiger partial charge in [-0.2, -0.15) is 0 Å². The predicted octanol–water partition coefficient (Wildman–Crippen LogP) is 2.60. The summed E-state index contributed by atoms with van der Waals surface area (Å²) in [4.78, 5) is 4.23. The lowest BCUT2D eigenvalue weighted by molar-refractivity contribution is 0.106. The van der Waals surface area contributed by atoms with Gasteiger partial charge in [0.1, 0.15) is 0 Å². The first-order chi connectivity index (χ1) is 11.2. The number of benzene rings is 1. The average Bonchev–Trinajstić information content (AvgIpc) is 2.57. The van der Waals surface area contributed by atoms with Crippen LogP contribution in [0.5, 0.6) is 0 Å². The Labute approximate surface area is 140 Å². The van der Waals surface area contributed by atoms with Crippen LogP contribution in [-0.4, -0.2) is 46.4 Å². The summed E-state index contributed by atoms with van der Waals surface area (Å²) in [5, 5.41) is 6.59. The average molecular weight is 321 g/mol. The number of aliphatic imine (C=N–C) groups is 1. The highest BCUT2D eigenvalue weighted by Gasteiger charge is 2.10. The summed E-state index contributed by atoms with van der Waals surface area (Å²) >= 11 is 0. The molecule has 0 aliphatic carbocycles. The van der Waals surface area contributed by atoms with E-state index in [1.54, 1.807) is 14.2 Å². The Morgan fingerprint density at radius 1 is 1.17 bits per heavy atom. The van der Waals surface area contributed by atoms with E-state index in [-0.39, 0.29) is 6.10 Å². The monoisotopic (exact) mass is 321 g/mol. The lowest BCUT2D eigenvalue weighted by Gasteiger charge is -2.18. The highest BCUT2D eigenvalue weighted by atomic mass is 16.5. The van der Waals surface area contributed by atoms with Crippen molar-refractivity contribution in [2.45, 2.75) is 26.4 Å². The van der Waals surface area contributed by atoms with Gasteiger partial charge in [-0.1, -0.05) is 44.2 Å². The van der Waals surface area contributed by atoms with Gasteiger partial charge in [0.2, 0.25) is 0 Å². The van der Waals surface area contributed by atoms with Crippen molar-refractivity contribution in [2.75, 3.05) is 40.5 Å². The number of guanidine groups is 1. The Bertz CT molecular complexity index is 435. The number of ether oxygens (including phenoxy) is 2. The standard InChI is InChI=1S/C18H31N3O2/c1-15(2)14-23-12-8-11-20-18(19-3)21-13-17(22-4)16-9-6-5-7-10-16/h5-7,9-10,15,17H,8,11-14H2,1-4H3,(H2,19,20,21). The summed E-state index contributed by atoms with van der Waals surface area (Å²) in [6.45, 7) is 7.41. The van der Waals surface area contributed by atoms with Gasteiger partial charge in [0.15, 0.2) is 5.96 Å². The minimum atomic E-state index is 0.00382. The second-order valence-electron chi connectivity index (χ2n) is 5.84. The first kappa shape index (κ1) is 19.5. The van der Waals surface area contributed by atoms with E-state index >= 15 is 0 Å². The minimum Gasteiger partial charge on any atom is -0.381 e. The fourth-order valence-electron chi connectivity index (χ4n) is 2.11. The van der Waals surface area contributed by atoms with Crippen molar-refractivity contribution in [1.29, 1.82) is 0 Å². The smallest absolute Gasteiger partial charge is 0.191 e. The van der Waals surface area contributed by atoms with Crippen molar-refractivity contribution >= 4 is 5.96 Å². The first-order valence-electron chi connectivity index (χ1n) is 8.27. The molecule has 0 aromatic heterocycles. The molecule has 0 aliphatic rings. The van der Waals surface area contributed by atoms with Crippen LogP contribution >= 0.6 is 0 Å². The summed E-state index contributed by atoms with van der Waals surface area (Å²) in [7, 11) is 3.50. The molecule has 0 amide bonds. The van der Waals surface area contributed by atoms with E-state index < -0.39 is 0 Å². The molecule has 0 bridgehead atoms. The zero-order valence-corrected chi connectivity index (χ0v) is 14.8. The molecule has 1 rings (SSSR count). The van der Waals surface area contributed by atoms with Gasteiger partial charge < -0.3 is 20.1 Å². The Morgan fingerprint density at radius 2 is 1.91 bits per heavy atom. The van der Waals surface area contributed by atoms with Crippen LogP contribution in [-0.2, 0) is 9.47 Å². The SMILES string of the molecule is CN=C(NCCCOCC(C)C)NCC(OC)c1ccccc1. The normalized spacial score (nSPS) is 13.2. The summed E-state index contributed by atoms with van der Waals surface area (Å²) in [5.74, 6) is 1.37. The molecular formula is C18H31N3O2. The maximum atomic E-state index is 5.56. The van der Waals surface area contributed by atoms with E-state index in [0.29, 0.717) is 12.5 Å². The molecule has 0 saturated carbocycles. The lowest BCUT2D eigenvalue weighted by atomic mass is 10.1. The van der Waals surface area contributed by atoms with Gasteiger partial charge in [0.05, 0.1) is 6.10 Å². The summed E-state index contributed by atoms with van der Waals surface area (Å²) < 4.78 is 11.1. The molecule has 2 N–H and O–H groups in total. The van der Waals surface area contributed by atoms with Crippen molar-refractivity contribution in [2.24, 2.45) is 10.9 Å². The minimum absolute atomic E-state index is 0.00382. The van der Waals surface area contributed by atoms with Crippen LogP contribution in [0.3, 0.4) is 0 Å². The molecule has 1 aromatic rings. The number of methoxy groups -OCH3 is 1. The van der Waals surface area contributed by atoms with E-state index in [0.717, 1.165) is 37.7 Å². The van der Waals surface area contributed by atoms with Gasteiger partial charge >= 0.3 is 0 Å². The van der Waals surface area contributed by atoms with Crippen LogP contribution in [0.1, 0.15) is 31.9 Å². The van der Waals surface area contributed by atoms with E-state index in [1.165, 1.54) is 0 Å². The van der Waals surface area contributed by atoms with Crippen LogP contribution < -0.4 is 10.6 Å². The summed E-state index contributed by atoms with van der Waals surface area (Å²) in [5.41, 5.74) is 1.15. The van der Waals surface area contributed by atoms with Gasteiger partial charge in [0, 0.05) is 40.5 Å². The predicted molar refractivity (Wildman–Crippen MR) is 95.8 cm³/mol. The van der Waals surface area contributed by atoms with Crippen molar-refractivity contribution in [1.82, 2.24) is 10.6 Å². The fourth-order valence-corrected chi connectivity index (χ4v) is 2.11. The molecule has 1 aromatic carbocycles. The summed E-state index contributed by atoms with van der Waals surface area (Å²) in [6.07, 6.45) is 0.962. The molecular weight excluding hydrogens is 290 g/mol. The molecule has 23 heavy (non-hydrogen) atoms. The largest absolute Gasteiger partial charge is 0.381 e. The number of hydrogen-bond donors (Lipinski definition) is 2. The molecule has 0 heterocycles. The van der Waals surface area contributed by atoms with Crippen LogP contribution in [0, 0.1) is 5.92 Å². The van der Waals surface area contributed by atoms with Gasteiger partial charge in [-0.3, -0.25) is 4.99 Å². The number of rotatable bonds is 10. The third kappa shape index (κ3) is 8.57. The van der Waals surface area contributed by atoms with E-state index in [9.17, 15) is 0 Å². The molecule has 1 unspecified atom stereocenters. The zero-order chi connectivity index (χ0) is 16.9. The Morgan fingerprint density at radius 3 is 2.52 bits per heavy atom. The van der Waals surface area contributed by atoms with Crippen LogP contribution in [0.2, 0.25) is 0 Å². The molecule has 130 valence electrons. The molecule has 0 fully saturated rings. The van der Waals surface area contributed by atoms with Crippen molar-refractivity contribution in [3.63, 3.8) is 0 Å². The Balaban J connectivity index is 2.25. The lowest BCUT2D eigenvalue weighted by Crippen LogP contribution is -2.40. The van der Waals surface area contributed by atoms with Crippen LogP contribution in [0.25, 0.3) is 0 Å². The van der Waals surface area contributed by atoms with E-state index in [2.05, 4.69) is 41.6 Å². The highest BCUT2D eigenvalue weighted by molar-refractivity contribution is 5.79. The van der Waals surface area contributed by atoms with Crippen molar-refractivity contribution in [3.05, 3.63) is 35.9 Å². The maximum absolute atomic E-state index is 5.56. The van der Waals surface area contributed by atoms with Gasteiger partial charge in [-0.25, -0.2) is 0 Å². The van der Waals surface area contributed by atoms with E-state index in [1.807, 2.05) is 18.2 Å². The maximum Gasteiger partial charge on any atom is 0.191 e. The fraction of sp³-hybridized carbons (Fsp3) is 0.611. The number of nitrogens with one attached hydrogen (secondary N) is 2. The molecule has 0 spiro atoms. The van der Waals surface area contributed by atoms with Crippen molar-refractivity contribution < 1.29 is 9.47 Å². The van der Waals surface area contributed by atoms with Crippen LogP contribution in [0.4, 0.5) is 0 Å². The van der Waals surface area contributed by atoms with Gasteiger partial charge in [-0.05, 0) is 17.9 Å². The first-order valence-corrected chi connectivity index (χ1v) is 8.27. The third-order valence-corrected chi connectivity index (χ3v) is 3.34. The molecule has 0 saturated heterocycles. The zero-order valence-electron chi connectivity index (χ0n) is 14.8. The second kappa shape index (κ2) is 11.9. The van der Waals surface area contributed by atoms with Gasteiger partial charge in [-0.15, -0.1) is 0 Å². The van der Waals surface area contributed by atoms with Crippen LogP contribution in [0.15, 0.2) is 35.3 Å². The number of nitrogens with zero attached hydrogens (tertiary/aromatic N) is 1. The Hall–Kier alpha value is -1.59. The quantitative estimate of drug-likeness (QED) is 0.395. The topological polar surface area (TPSA) is 54.9 Å². The van der Waals surface area contributed by atoms with E-state index in [4.69, 9.17) is 9.47 Å². The van der Waals surface area contributed by atoms with Crippen molar-refractivity contribution in [3.8, 4) is 0 Å². The highest BCUT2D eigenvalue weighted by Crippen LogP contribution is 2.14. The molecule has 0 aliphatic heterocycles. The molecule has 0 radical (unpaired) electrons. The summed E-state index contributed by atoms with van der Waals surface area (Å²) in [6, 6.07) is 10.2.